The molecule has 0 amide bonds. The van der Waals surface area contributed by atoms with E-state index in [1.165, 1.54) is 4.68 Å². The van der Waals surface area contributed by atoms with Crippen LogP contribution < -0.4 is 20.5 Å². The van der Waals surface area contributed by atoms with E-state index in [0.29, 0.717) is 18.1 Å². The van der Waals surface area contributed by atoms with E-state index in [0.717, 1.165) is 50.3 Å². The maximum atomic E-state index is 13.2. The van der Waals surface area contributed by atoms with Gasteiger partial charge in [0.25, 0.3) is 0 Å². The molecule has 6 heteroatoms. The van der Waals surface area contributed by atoms with Gasteiger partial charge in [0, 0.05) is 50.2 Å². The molecule has 1 aromatic heterocycles. The van der Waals surface area contributed by atoms with Crippen molar-refractivity contribution in [2.75, 3.05) is 37.7 Å². The second-order valence-corrected chi connectivity index (χ2v) is 7.58. The first-order valence-electron chi connectivity index (χ1n) is 9.19. The molecule has 0 aromatic carbocycles. The van der Waals surface area contributed by atoms with Gasteiger partial charge in [-0.25, -0.2) is 0 Å². The fourth-order valence-electron chi connectivity index (χ4n) is 3.17. The molecule has 2 aliphatic carbocycles. The van der Waals surface area contributed by atoms with Gasteiger partial charge in [-0.2, -0.15) is 9.78 Å². The standard InChI is InChI=1S/C20H25N4O2/c1-15-4-3-5-16(12-15)24-19(25)18(26-14-20(2)6-7-20)17(13-22-24)23-10-8-21-9-11-23/h3-5,12-13,21H,1,6-11,14H2,2H3/q+1. The highest BCUT2D eigenvalue weighted by Crippen LogP contribution is 2.45. The highest BCUT2D eigenvalue weighted by molar-refractivity contribution is 5.66. The molecule has 1 N–H and O–H groups in total. The molecule has 6 nitrogen and oxygen atoms in total. The molecule has 4 rings (SSSR count). The molecule has 0 spiro atoms. The fraction of sp³-hybridized carbons (Fsp3) is 0.450. The van der Waals surface area contributed by atoms with Crippen LogP contribution >= 0.6 is 0 Å². The molecule has 0 radical (unpaired) electrons. The van der Waals surface area contributed by atoms with Crippen molar-refractivity contribution in [1.29, 1.82) is 0 Å². The number of anilines is 1. The Balaban J connectivity index is 1.72. The topological polar surface area (TPSA) is 59.4 Å². The van der Waals surface area contributed by atoms with Gasteiger partial charge in [0.1, 0.15) is 5.69 Å². The summed E-state index contributed by atoms with van der Waals surface area (Å²) in [4.78, 5) is 15.4. The van der Waals surface area contributed by atoms with Gasteiger partial charge in [0.05, 0.1) is 24.5 Å². The van der Waals surface area contributed by atoms with Gasteiger partial charge in [-0.05, 0) is 19.4 Å². The molecule has 2 fully saturated rings. The molecule has 0 unspecified atom stereocenters. The molecule has 1 aliphatic heterocycles. The SMILES string of the molecule is C=C1C=C(n2ncc(N3CCNCC3)c(OCC3(C)CC3)c2=O)C=C[CH+]1. The van der Waals surface area contributed by atoms with E-state index in [1.807, 2.05) is 24.6 Å². The third-order valence-electron chi connectivity index (χ3n) is 5.20. The lowest BCUT2D eigenvalue weighted by Gasteiger charge is -2.30. The van der Waals surface area contributed by atoms with E-state index in [4.69, 9.17) is 4.74 Å². The fourth-order valence-corrected chi connectivity index (χ4v) is 3.17. The zero-order chi connectivity index (χ0) is 18.1. The number of rotatable bonds is 5. The maximum absolute atomic E-state index is 13.2. The summed E-state index contributed by atoms with van der Waals surface area (Å²) in [7, 11) is 0. The maximum Gasteiger partial charge on any atom is 0.317 e. The Kier molecular flexibility index (Phi) is 4.36. The third kappa shape index (κ3) is 3.42. The van der Waals surface area contributed by atoms with Gasteiger partial charge < -0.3 is 15.0 Å². The Morgan fingerprint density at radius 2 is 2.15 bits per heavy atom. The van der Waals surface area contributed by atoms with Crippen LogP contribution in [0.15, 0.2) is 41.4 Å². The molecule has 26 heavy (non-hydrogen) atoms. The number of aromatic nitrogens is 2. The monoisotopic (exact) mass is 353 g/mol. The van der Waals surface area contributed by atoms with Gasteiger partial charge in [-0.3, -0.25) is 4.79 Å². The summed E-state index contributed by atoms with van der Waals surface area (Å²) in [6.45, 7) is 10.2. The average Bonchev–Trinajstić information content (AvgIpc) is 3.39. The first-order chi connectivity index (χ1) is 12.6. The summed E-state index contributed by atoms with van der Waals surface area (Å²) in [5.41, 5.74) is 2.33. The van der Waals surface area contributed by atoms with Gasteiger partial charge >= 0.3 is 5.56 Å². The minimum atomic E-state index is -0.212. The Bertz CT molecular complexity index is 827. The number of nitrogens with one attached hydrogen (secondary N) is 1. The van der Waals surface area contributed by atoms with Crippen molar-refractivity contribution in [3.05, 3.63) is 53.4 Å². The summed E-state index contributed by atoms with van der Waals surface area (Å²) >= 11 is 0. The van der Waals surface area contributed by atoms with E-state index in [-0.39, 0.29) is 11.0 Å². The third-order valence-corrected chi connectivity index (χ3v) is 5.20. The second-order valence-electron chi connectivity index (χ2n) is 7.58. The molecule has 1 saturated carbocycles. The van der Waals surface area contributed by atoms with Crippen LogP contribution in [0.4, 0.5) is 5.69 Å². The quantitative estimate of drug-likeness (QED) is 0.821. The lowest BCUT2D eigenvalue weighted by atomic mass is 10.1. The average molecular weight is 353 g/mol. The molecule has 136 valence electrons. The van der Waals surface area contributed by atoms with E-state index < -0.39 is 0 Å². The van der Waals surface area contributed by atoms with Crippen LogP contribution in [0.5, 0.6) is 5.75 Å². The van der Waals surface area contributed by atoms with Crippen molar-refractivity contribution in [3.8, 4) is 5.75 Å². The van der Waals surface area contributed by atoms with E-state index in [2.05, 4.69) is 28.8 Å². The van der Waals surface area contributed by atoms with Crippen LogP contribution in [0, 0.1) is 11.8 Å². The lowest BCUT2D eigenvalue weighted by Crippen LogP contribution is -2.44. The van der Waals surface area contributed by atoms with Crippen molar-refractivity contribution in [1.82, 2.24) is 15.1 Å². The molecular weight excluding hydrogens is 328 g/mol. The number of hydrogen-bond acceptors (Lipinski definition) is 5. The largest absolute Gasteiger partial charge is 0.486 e. The first kappa shape index (κ1) is 17.0. The summed E-state index contributed by atoms with van der Waals surface area (Å²) in [6.07, 6.45) is 11.5. The zero-order valence-electron chi connectivity index (χ0n) is 15.2. The minimum absolute atomic E-state index is 0.203. The van der Waals surface area contributed by atoms with Crippen molar-refractivity contribution in [3.63, 3.8) is 0 Å². The number of nitrogens with zero attached hydrogens (tertiary/aromatic N) is 3. The van der Waals surface area contributed by atoms with Crippen molar-refractivity contribution < 1.29 is 4.74 Å². The van der Waals surface area contributed by atoms with Crippen LogP contribution in [0.25, 0.3) is 5.70 Å². The van der Waals surface area contributed by atoms with Crippen molar-refractivity contribution in [2.45, 2.75) is 19.8 Å². The predicted molar refractivity (Wildman–Crippen MR) is 103 cm³/mol. The number of piperazine rings is 1. The van der Waals surface area contributed by atoms with Crippen LogP contribution in [0.3, 0.4) is 0 Å². The van der Waals surface area contributed by atoms with Crippen LogP contribution in [-0.4, -0.2) is 42.6 Å². The Hall–Kier alpha value is -2.47. The van der Waals surface area contributed by atoms with Crippen LogP contribution in [-0.2, 0) is 0 Å². The van der Waals surface area contributed by atoms with Gasteiger partial charge in [0.15, 0.2) is 5.70 Å². The van der Waals surface area contributed by atoms with Gasteiger partial charge in [-0.15, -0.1) is 0 Å². The smallest absolute Gasteiger partial charge is 0.317 e. The van der Waals surface area contributed by atoms with E-state index in [1.54, 1.807) is 6.20 Å². The highest BCUT2D eigenvalue weighted by atomic mass is 16.5. The van der Waals surface area contributed by atoms with Crippen LogP contribution in [0.1, 0.15) is 19.8 Å². The van der Waals surface area contributed by atoms with E-state index in [9.17, 15) is 4.79 Å². The van der Waals surface area contributed by atoms with Crippen molar-refractivity contribution >= 4 is 11.4 Å². The van der Waals surface area contributed by atoms with Gasteiger partial charge in [0.2, 0.25) is 5.75 Å². The summed E-state index contributed by atoms with van der Waals surface area (Å²) in [5.74, 6) is 0.407. The molecule has 2 heterocycles. The predicted octanol–water partition coefficient (Wildman–Crippen LogP) is 2.00. The normalized spacial score (nSPS) is 21.2. The minimum Gasteiger partial charge on any atom is -0.486 e. The summed E-state index contributed by atoms with van der Waals surface area (Å²) < 4.78 is 7.50. The summed E-state index contributed by atoms with van der Waals surface area (Å²) in [5, 5.41) is 7.75. The molecular formula is C20H25N4O2+. The Labute approximate surface area is 153 Å². The highest BCUT2D eigenvalue weighted by Gasteiger charge is 2.38. The molecule has 1 saturated heterocycles. The molecule has 0 bridgehead atoms. The number of ether oxygens (including phenoxy) is 1. The van der Waals surface area contributed by atoms with E-state index >= 15 is 0 Å². The van der Waals surface area contributed by atoms with Gasteiger partial charge in [-0.1, -0.05) is 6.92 Å². The molecule has 1 aromatic rings. The van der Waals surface area contributed by atoms with Crippen molar-refractivity contribution in [2.24, 2.45) is 5.41 Å². The Morgan fingerprint density at radius 3 is 2.85 bits per heavy atom. The molecule has 0 atom stereocenters. The Morgan fingerprint density at radius 1 is 1.38 bits per heavy atom. The first-order valence-corrected chi connectivity index (χ1v) is 9.19. The van der Waals surface area contributed by atoms with Crippen LogP contribution in [0.2, 0.25) is 0 Å². The number of hydrogen-bond donors (Lipinski definition) is 1. The summed E-state index contributed by atoms with van der Waals surface area (Å²) in [6, 6.07) is 0. The molecule has 3 aliphatic rings. The number of allylic oxidation sites excluding steroid dienone is 5. The second kappa shape index (κ2) is 6.68. The lowest BCUT2D eigenvalue weighted by molar-refractivity contribution is 0.243. The zero-order valence-corrected chi connectivity index (χ0v) is 15.2.